The third-order valence-electron chi connectivity index (χ3n) is 3.29. The second-order valence-corrected chi connectivity index (χ2v) is 5.22. The summed E-state index contributed by atoms with van der Waals surface area (Å²) in [5, 5.41) is 13.1. The molecule has 1 rings (SSSR count). The second-order valence-electron chi connectivity index (χ2n) is 5.22. The van der Waals surface area contributed by atoms with Crippen LogP contribution in [0.4, 0.5) is 0 Å². The highest BCUT2D eigenvalue weighted by molar-refractivity contribution is 5.75. The predicted molar refractivity (Wildman–Crippen MR) is 78.1 cm³/mol. The fourth-order valence-corrected chi connectivity index (χ4v) is 2.48. The summed E-state index contributed by atoms with van der Waals surface area (Å²) in [7, 11) is 0. The van der Waals surface area contributed by atoms with Crippen molar-refractivity contribution in [1.29, 1.82) is 0 Å². The molecule has 0 aliphatic carbocycles. The minimum atomic E-state index is -0.562. The number of carbonyl (C=O) groups excluding carboxylic acids is 1. The molecule has 2 N–H and O–H groups in total. The number of nitrogens with one attached hydrogen (secondary N) is 1. The maximum Gasteiger partial charge on any atom is 0.220 e. The van der Waals surface area contributed by atoms with Crippen LogP contribution in [0.15, 0.2) is 12.1 Å². The van der Waals surface area contributed by atoms with Crippen LogP contribution in [0.1, 0.15) is 54.5 Å². The quantitative estimate of drug-likeness (QED) is 0.829. The molecule has 0 radical (unpaired) electrons. The molecule has 0 bridgehead atoms. The van der Waals surface area contributed by atoms with Crippen molar-refractivity contribution in [3.63, 3.8) is 0 Å². The van der Waals surface area contributed by atoms with Gasteiger partial charge in [-0.2, -0.15) is 0 Å². The summed E-state index contributed by atoms with van der Waals surface area (Å²) in [4.78, 5) is 11.5. The van der Waals surface area contributed by atoms with Crippen molar-refractivity contribution in [1.82, 2.24) is 5.32 Å². The van der Waals surface area contributed by atoms with Crippen molar-refractivity contribution in [2.24, 2.45) is 0 Å². The van der Waals surface area contributed by atoms with Gasteiger partial charge in [0.2, 0.25) is 5.91 Å². The second kappa shape index (κ2) is 7.29. The Kier molecular flexibility index (Phi) is 6.03. The van der Waals surface area contributed by atoms with Crippen LogP contribution in [0.2, 0.25) is 0 Å². The normalized spacial score (nSPS) is 12.3. The van der Waals surface area contributed by atoms with E-state index < -0.39 is 6.10 Å². The average molecular weight is 263 g/mol. The highest BCUT2D eigenvalue weighted by Crippen LogP contribution is 2.26. The van der Waals surface area contributed by atoms with Gasteiger partial charge in [0.1, 0.15) is 0 Å². The van der Waals surface area contributed by atoms with E-state index in [2.05, 4.69) is 17.4 Å². The lowest BCUT2D eigenvalue weighted by atomic mass is 9.93. The summed E-state index contributed by atoms with van der Waals surface area (Å²) in [5.41, 5.74) is 4.36. The lowest BCUT2D eigenvalue weighted by Gasteiger charge is -2.17. The zero-order valence-electron chi connectivity index (χ0n) is 12.4. The zero-order chi connectivity index (χ0) is 14.4. The fraction of sp³-hybridized carbons (Fsp3) is 0.562. The van der Waals surface area contributed by atoms with Crippen LogP contribution in [-0.4, -0.2) is 17.6 Å². The van der Waals surface area contributed by atoms with Gasteiger partial charge < -0.3 is 10.4 Å². The smallest absolute Gasteiger partial charge is 0.220 e. The van der Waals surface area contributed by atoms with E-state index in [1.165, 1.54) is 5.56 Å². The maximum atomic E-state index is 11.5. The summed E-state index contributed by atoms with van der Waals surface area (Å²) < 4.78 is 0. The molecule has 0 saturated carbocycles. The van der Waals surface area contributed by atoms with Crippen LogP contribution in [-0.2, 0) is 4.79 Å². The Balaban J connectivity index is 2.63. The molecule has 3 heteroatoms. The van der Waals surface area contributed by atoms with Crippen molar-refractivity contribution in [3.8, 4) is 0 Å². The topological polar surface area (TPSA) is 49.3 Å². The molecule has 0 aromatic heterocycles. The number of rotatable bonds is 6. The van der Waals surface area contributed by atoms with Crippen molar-refractivity contribution >= 4 is 5.91 Å². The maximum absolute atomic E-state index is 11.5. The third-order valence-corrected chi connectivity index (χ3v) is 3.29. The van der Waals surface area contributed by atoms with E-state index in [0.717, 1.165) is 23.1 Å². The molecular formula is C16H25NO2. The minimum Gasteiger partial charge on any atom is -0.388 e. The van der Waals surface area contributed by atoms with Crippen LogP contribution in [0.5, 0.6) is 0 Å². The van der Waals surface area contributed by atoms with Gasteiger partial charge in [-0.3, -0.25) is 4.79 Å². The van der Waals surface area contributed by atoms with E-state index in [0.29, 0.717) is 19.4 Å². The standard InChI is InChI=1S/C16H25NO2/c1-5-8-17-15(19)7-6-14(18)16-12(3)9-11(2)10-13(16)4/h9-10,14,18H,5-8H2,1-4H3,(H,17,19). The summed E-state index contributed by atoms with van der Waals surface area (Å²) >= 11 is 0. The van der Waals surface area contributed by atoms with Crippen molar-refractivity contribution in [2.45, 2.75) is 53.1 Å². The highest BCUT2D eigenvalue weighted by Gasteiger charge is 2.15. The van der Waals surface area contributed by atoms with E-state index in [4.69, 9.17) is 0 Å². The number of hydrogen-bond donors (Lipinski definition) is 2. The largest absolute Gasteiger partial charge is 0.388 e. The van der Waals surface area contributed by atoms with Crippen LogP contribution in [0, 0.1) is 20.8 Å². The molecular weight excluding hydrogens is 238 g/mol. The molecule has 3 nitrogen and oxygen atoms in total. The lowest BCUT2D eigenvalue weighted by molar-refractivity contribution is -0.121. The Bertz CT molecular complexity index is 417. The average Bonchev–Trinajstić information content (AvgIpc) is 2.32. The molecule has 106 valence electrons. The first-order valence-corrected chi connectivity index (χ1v) is 6.98. The molecule has 1 aromatic rings. The summed E-state index contributed by atoms with van der Waals surface area (Å²) in [6.07, 6.45) is 1.21. The Morgan fingerprint density at radius 3 is 2.37 bits per heavy atom. The number of benzene rings is 1. The van der Waals surface area contributed by atoms with Gasteiger partial charge in [-0.1, -0.05) is 24.6 Å². The van der Waals surface area contributed by atoms with Crippen molar-refractivity contribution < 1.29 is 9.90 Å². The molecule has 0 aliphatic heterocycles. The number of aliphatic hydroxyl groups excluding tert-OH is 1. The van der Waals surface area contributed by atoms with Gasteiger partial charge in [-0.25, -0.2) is 0 Å². The minimum absolute atomic E-state index is 0.0170. The monoisotopic (exact) mass is 263 g/mol. The lowest BCUT2D eigenvalue weighted by Crippen LogP contribution is -2.24. The Morgan fingerprint density at radius 1 is 1.26 bits per heavy atom. The molecule has 1 unspecified atom stereocenters. The summed E-state index contributed by atoms with van der Waals surface area (Å²) in [5.74, 6) is 0.0170. The van der Waals surface area contributed by atoms with Gasteiger partial charge in [-0.15, -0.1) is 0 Å². The Morgan fingerprint density at radius 2 is 1.84 bits per heavy atom. The number of aryl methyl sites for hydroxylation is 3. The van der Waals surface area contributed by atoms with Gasteiger partial charge in [0, 0.05) is 13.0 Å². The highest BCUT2D eigenvalue weighted by atomic mass is 16.3. The summed E-state index contributed by atoms with van der Waals surface area (Å²) in [6, 6.07) is 4.14. The number of carbonyl (C=O) groups is 1. The fourth-order valence-electron chi connectivity index (χ4n) is 2.48. The molecule has 19 heavy (non-hydrogen) atoms. The van der Waals surface area contributed by atoms with Crippen molar-refractivity contribution in [3.05, 3.63) is 34.4 Å². The third kappa shape index (κ3) is 4.67. The SMILES string of the molecule is CCCNC(=O)CCC(O)c1c(C)cc(C)cc1C. The molecule has 0 spiro atoms. The molecule has 1 atom stereocenters. The van der Waals surface area contributed by atoms with E-state index in [1.54, 1.807) is 0 Å². The van der Waals surface area contributed by atoms with Gasteiger partial charge >= 0.3 is 0 Å². The van der Waals surface area contributed by atoms with Gasteiger partial charge in [-0.05, 0) is 50.3 Å². The number of hydrogen-bond acceptors (Lipinski definition) is 2. The molecule has 0 saturated heterocycles. The molecule has 0 fully saturated rings. The Labute approximate surface area is 116 Å². The first kappa shape index (κ1) is 15.7. The first-order valence-electron chi connectivity index (χ1n) is 6.98. The van der Waals surface area contributed by atoms with E-state index in [1.807, 2.05) is 27.7 Å². The molecule has 0 heterocycles. The van der Waals surface area contributed by atoms with Gasteiger partial charge in [0.25, 0.3) is 0 Å². The molecule has 1 aromatic carbocycles. The van der Waals surface area contributed by atoms with Crippen LogP contribution in [0.3, 0.4) is 0 Å². The van der Waals surface area contributed by atoms with Gasteiger partial charge in [0.05, 0.1) is 6.10 Å². The van der Waals surface area contributed by atoms with E-state index >= 15 is 0 Å². The van der Waals surface area contributed by atoms with Crippen LogP contribution >= 0.6 is 0 Å². The van der Waals surface area contributed by atoms with Gasteiger partial charge in [0.15, 0.2) is 0 Å². The van der Waals surface area contributed by atoms with E-state index in [9.17, 15) is 9.90 Å². The Hall–Kier alpha value is -1.35. The molecule has 0 aliphatic rings. The molecule has 1 amide bonds. The number of aliphatic hydroxyl groups is 1. The van der Waals surface area contributed by atoms with E-state index in [-0.39, 0.29) is 5.91 Å². The summed E-state index contributed by atoms with van der Waals surface area (Å²) in [6.45, 7) is 8.80. The first-order chi connectivity index (χ1) is 8.95. The number of amides is 1. The predicted octanol–water partition coefficient (Wildman–Crippen LogP) is 2.95. The van der Waals surface area contributed by atoms with Crippen LogP contribution < -0.4 is 5.32 Å². The zero-order valence-corrected chi connectivity index (χ0v) is 12.4. The van der Waals surface area contributed by atoms with Crippen molar-refractivity contribution in [2.75, 3.05) is 6.54 Å². The van der Waals surface area contributed by atoms with Crippen LogP contribution in [0.25, 0.3) is 0 Å².